The second-order valence-electron chi connectivity index (χ2n) is 5.59. The summed E-state index contributed by atoms with van der Waals surface area (Å²) in [5, 5.41) is 7.23. The van der Waals surface area contributed by atoms with Gasteiger partial charge < -0.3 is 19.5 Å². The molecule has 0 unspecified atom stereocenters. The van der Waals surface area contributed by atoms with E-state index in [2.05, 4.69) is 10.4 Å². The molecule has 3 rings (SSSR count). The van der Waals surface area contributed by atoms with Crippen LogP contribution in [0.3, 0.4) is 0 Å². The summed E-state index contributed by atoms with van der Waals surface area (Å²) in [6.07, 6.45) is 0.645. The minimum atomic E-state index is -0.185. The Morgan fingerprint density at radius 2 is 1.96 bits per heavy atom. The maximum Gasteiger partial charge on any atom is 0.272 e. The van der Waals surface area contributed by atoms with Crippen LogP contribution in [-0.4, -0.2) is 50.2 Å². The van der Waals surface area contributed by atoms with Crippen LogP contribution in [0.1, 0.15) is 21.6 Å². The molecule has 0 fully saturated rings. The van der Waals surface area contributed by atoms with E-state index in [1.807, 2.05) is 19.2 Å². The lowest BCUT2D eigenvalue weighted by Crippen LogP contribution is -2.28. The van der Waals surface area contributed by atoms with Crippen molar-refractivity contribution in [1.29, 1.82) is 0 Å². The van der Waals surface area contributed by atoms with Gasteiger partial charge in [-0.25, -0.2) is 0 Å². The number of rotatable bonds is 6. The molecule has 0 saturated heterocycles. The molecule has 1 heterocycles. The Morgan fingerprint density at radius 3 is 2.62 bits per heavy atom. The number of hydrogen-bond acceptors (Lipinski definition) is 5. The molecule has 24 heavy (non-hydrogen) atoms. The first-order chi connectivity index (χ1) is 11.6. The fourth-order valence-corrected chi connectivity index (χ4v) is 3.08. The summed E-state index contributed by atoms with van der Waals surface area (Å²) in [7, 11) is 6.67. The summed E-state index contributed by atoms with van der Waals surface area (Å²) in [5.74, 6) is 1.16. The topological polar surface area (TPSA) is 74.6 Å². The summed E-state index contributed by atoms with van der Waals surface area (Å²) in [6, 6.07) is 3.90. The van der Waals surface area contributed by atoms with Gasteiger partial charge in [0.1, 0.15) is 0 Å². The Bertz CT molecular complexity index is 783. The molecule has 0 aliphatic heterocycles. The quantitative estimate of drug-likeness (QED) is 0.691. The maximum absolute atomic E-state index is 12.4. The van der Waals surface area contributed by atoms with Gasteiger partial charge in [-0.15, -0.1) is 0 Å². The Hall–Kier alpha value is -2.54. The number of nitrogens with zero attached hydrogens (tertiary/aromatic N) is 2. The van der Waals surface area contributed by atoms with Crippen LogP contribution in [0.2, 0.25) is 0 Å². The van der Waals surface area contributed by atoms with Crippen LogP contribution in [0.15, 0.2) is 12.1 Å². The van der Waals surface area contributed by atoms with Crippen molar-refractivity contribution < 1.29 is 19.0 Å². The first-order valence-electron chi connectivity index (χ1n) is 7.69. The van der Waals surface area contributed by atoms with Gasteiger partial charge in [-0.1, -0.05) is 0 Å². The van der Waals surface area contributed by atoms with Crippen LogP contribution in [0.25, 0.3) is 11.3 Å². The van der Waals surface area contributed by atoms with Crippen molar-refractivity contribution in [3.63, 3.8) is 0 Å². The molecule has 128 valence electrons. The van der Waals surface area contributed by atoms with Gasteiger partial charge in [-0.3, -0.25) is 9.48 Å². The van der Waals surface area contributed by atoms with Gasteiger partial charge in [-0.05, 0) is 17.7 Å². The van der Waals surface area contributed by atoms with E-state index >= 15 is 0 Å². The minimum Gasteiger partial charge on any atom is -0.493 e. The van der Waals surface area contributed by atoms with Crippen LogP contribution in [0.5, 0.6) is 11.5 Å². The van der Waals surface area contributed by atoms with Crippen molar-refractivity contribution in [1.82, 2.24) is 15.1 Å². The average Bonchev–Trinajstić information content (AvgIpc) is 3.10. The third-order valence-electron chi connectivity index (χ3n) is 4.18. The van der Waals surface area contributed by atoms with Gasteiger partial charge in [0.25, 0.3) is 5.91 Å². The molecule has 0 atom stereocenters. The number of ether oxygens (including phenoxy) is 3. The molecular formula is C17H21N3O4. The Kier molecular flexibility index (Phi) is 4.44. The summed E-state index contributed by atoms with van der Waals surface area (Å²) >= 11 is 0. The second-order valence-corrected chi connectivity index (χ2v) is 5.59. The fraction of sp³-hybridized carbons (Fsp3) is 0.412. The van der Waals surface area contributed by atoms with E-state index in [-0.39, 0.29) is 5.91 Å². The lowest BCUT2D eigenvalue weighted by atomic mass is 10.1. The highest BCUT2D eigenvalue weighted by atomic mass is 16.5. The normalized spacial score (nSPS) is 11.8. The molecule has 0 saturated carbocycles. The highest BCUT2D eigenvalue weighted by molar-refractivity contribution is 5.97. The number of hydrogen-bond donors (Lipinski definition) is 1. The lowest BCUT2D eigenvalue weighted by Gasteiger charge is -2.11. The van der Waals surface area contributed by atoms with Crippen LogP contribution >= 0.6 is 0 Å². The largest absolute Gasteiger partial charge is 0.493 e. The maximum atomic E-state index is 12.4. The first kappa shape index (κ1) is 16.3. The third-order valence-corrected chi connectivity index (χ3v) is 4.18. The molecule has 1 N–H and O–H groups in total. The number of carbonyl (C=O) groups excluding carboxylic acids is 1. The molecule has 1 amide bonds. The highest BCUT2D eigenvalue weighted by Crippen LogP contribution is 2.43. The number of aromatic nitrogens is 2. The number of nitrogens with one attached hydrogen (secondary N) is 1. The molecule has 2 aromatic rings. The number of carbonyl (C=O) groups is 1. The average molecular weight is 331 g/mol. The van der Waals surface area contributed by atoms with Crippen molar-refractivity contribution in [3.05, 3.63) is 29.0 Å². The van der Waals surface area contributed by atoms with Gasteiger partial charge in [0.2, 0.25) is 0 Å². The molecule has 7 nitrogen and oxygen atoms in total. The number of methoxy groups -OCH3 is 3. The standard InChI is InChI=1S/C17H21N3O4/c1-20-16-11-9-14(24-4)13(23-3)8-10(11)7-12(16)15(19-20)17(21)18-5-6-22-2/h8-9H,5-7H2,1-4H3,(H,18,21). The van der Waals surface area contributed by atoms with Crippen molar-refractivity contribution in [3.8, 4) is 22.8 Å². The molecule has 1 aliphatic rings. The van der Waals surface area contributed by atoms with E-state index in [0.29, 0.717) is 36.8 Å². The summed E-state index contributed by atoms with van der Waals surface area (Å²) in [6.45, 7) is 0.921. The summed E-state index contributed by atoms with van der Waals surface area (Å²) in [4.78, 5) is 12.4. The Balaban J connectivity index is 1.98. The van der Waals surface area contributed by atoms with E-state index in [1.165, 1.54) is 0 Å². The molecule has 0 spiro atoms. The van der Waals surface area contributed by atoms with Gasteiger partial charge in [0.15, 0.2) is 17.2 Å². The van der Waals surface area contributed by atoms with Crippen molar-refractivity contribution in [2.45, 2.75) is 6.42 Å². The first-order valence-corrected chi connectivity index (χ1v) is 7.69. The highest BCUT2D eigenvalue weighted by Gasteiger charge is 2.30. The van der Waals surface area contributed by atoms with Gasteiger partial charge in [0.05, 0.1) is 26.5 Å². The second kappa shape index (κ2) is 6.52. The number of aryl methyl sites for hydroxylation is 1. The monoisotopic (exact) mass is 331 g/mol. The number of fused-ring (bicyclic) bond motifs is 3. The smallest absolute Gasteiger partial charge is 0.272 e. The Labute approximate surface area is 140 Å². The lowest BCUT2D eigenvalue weighted by molar-refractivity contribution is 0.0930. The van der Waals surface area contributed by atoms with Crippen molar-refractivity contribution in [2.75, 3.05) is 34.5 Å². The molecule has 1 aromatic heterocycles. The van der Waals surface area contributed by atoms with E-state index < -0.39 is 0 Å². The fourth-order valence-electron chi connectivity index (χ4n) is 3.08. The van der Waals surface area contributed by atoms with Crippen LogP contribution in [0, 0.1) is 0 Å². The molecule has 1 aliphatic carbocycles. The van der Waals surface area contributed by atoms with Crippen LogP contribution < -0.4 is 14.8 Å². The Morgan fingerprint density at radius 1 is 1.25 bits per heavy atom. The predicted molar refractivity (Wildman–Crippen MR) is 88.8 cm³/mol. The third kappa shape index (κ3) is 2.60. The van der Waals surface area contributed by atoms with Gasteiger partial charge in [0, 0.05) is 38.2 Å². The molecule has 0 radical (unpaired) electrons. The minimum absolute atomic E-state index is 0.185. The van der Waals surface area contributed by atoms with Crippen LogP contribution in [-0.2, 0) is 18.2 Å². The van der Waals surface area contributed by atoms with Crippen molar-refractivity contribution >= 4 is 5.91 Å². The molecule has 7 heteroatoms. The predicted octanol–water partition coefficient (Wildman–Crippen LogP) is 1.38. The summed E-state index contributed by atoms with van der Waals surface area (Å²) in [5.41, 5.74) is 4.45. The molecular weight excluding hydrogens is 310 g/mol. The zero-order valence-corrected chi connectivity index (χ0v) is 14.3. The number of amides is 1. The molecule has 0 bridgehead atoms. The zero-order valence-electron chi connectivity index (χ0n) is 14.3. The van der Waals surface area contributed by atoms with E-state index in [4.69, 9.17) is 14.2 Å². The summed E-state index contributed by atoms with van der Waals surface area (Å²) < 4.78 is 17.5. The molecule has 1 aromatic carbocycles. The van der Waals surface area contributed by atoms with Gasteiger partial charge >= 0.3 is 0 Å². The van der Waals surface area contributed by atoms with E-state index in [1.54, 1.807) is 26.0 Å². The van der Waals surface area contributed by atoms with E-state index in [0.717, 1.165) is 22.4 Å². The van der Waals surface area contributed by atoms with Crippen LogP contribution in [0.4, 0.5) is 0 Å². The van der Waals surface area contributed by atoms with Crippen molar-refractivity contribution in [2.24, 2.45) is 7.05 Å². The van der Waals surface area contributed by atoms with E-state index in [9.17, 15) is 4.79 Å². The SMILES string of the molecule is COCCNC(=O)c1nn(C)c2c1Cc1cc(OC)c(OC)cc1-2. The van der Waals surface area contributed by atoms with Gasteiger partial charge in [-0.2, -0.15) is 5.10 Å². The zero-order chi connectivity index (χ0) is 17.3. The number of benzene rings is 1.